The lowest BCUT2D eigenvalue weighted by Gasteiger charge is -2.35. The number of nitrogens with one attached hydrogen (secondary N) is 1. The van der Waals surface area contributed by atoms with Gasteiger partial charge < -0.3 is 14.2 Å². The number of carbonyl (C=O) groups excluding carboxylic acids is 2. The molecule has 7 nitrogen and oxygen atoms in total. The van der Waals surface area contributed by atoms with Gasteiger partial charge in [0, 0.05) is 13.5 Å². The lowest BCUT2D eigenvalue weighted by Crippen LogP contribution is -2.61. The van der Waals surface area contributed by atoms with Crippen molar-refractivity contribution < 1.29 is 23.8 Å². The molecule has 1 N–H and O–H groups in total. The fourth-order valence-corrected chi connectivity index (χ4v) is 2.33. The third-order valence-corrected chi connectivity index (χ3v) is 3.38. The zero-order valence-corrected chi connectivity index (χ0v) is 16.5. The molecule has 1 amide bonds. The van der Waals surface area contributed by atoms with Crippen LogP contribution in [-0.4, -0.2) is 48.7 Å². The molecule has 0 fully saturated rings. The van der Waals surface area contributed by atoms with Crippen molar-refractivity contribution in [3.63, 3.8) is 0 Å². The Kier molecular flexibility index (Phi) is 8.05. The molecule has 0 aromatic heterocycles. The first-order valence-corrected chi connectivity index (χ1v) is 8.59. The Morgan fingerprint density at radius 1 is 1.12 bits per heavy atom. The summed E-state index contributed by atoms with van der Waals surface area (Å²) >= 11 is 0. The molecule has 0 aliphatic carbocycles. The predicted octanol–water partition coefficient (Wildman–Crippen LogP) is 2.90. The molecule has 0 heterocycles. The van der Waals surface area contributed by atoms with Crippen molar-refractivity contribution in [3.05, 3.63) is 35.9 Å². The Labute approximate surface area is 155 Å². The molecule has 0 spiro atoms. The zero-order chi connectivity index (χ0) is 19.8. The second kappa shape index (κ2) is 9.54. The van der Waals surface area contributed by atoms with E-state index in [1.54, 1.807) is 34.6 Å². The second-order valence-corrected chi connectivity index (χ2v) is 7.15. The van der Waals surface area contributed by atoms with Gasteiger partial charge in [-0.25, -0.2) is 20.0 Å². The van der Waals surface area contributed by atoms with E-state index in [1.165, 1.54) is 7.11 Å². The monoisotopic (exact) mass is 366 g/mol. The number of methoxy groups -OCH3 is 1. The highest BCUT2D eigenvalue weighted by molar-refractivity contribution is 5.81. The molecule has 1 aromatic carbocycles. The number of carbonyl (C=O) groups is 2. The first kappa shape index (κ1) is 21.9. The van der Waals surface area contributed by atoms with Crippen molar-refractivity contribution in [3.8, 4) is 0 Å². The summed E-state index contributed by atoms with van der Waals surface area (Å²) in [6.45, 7) is 8.88. The average molecular weight is 366 g/mol. The van der Waals surface area contributed by atoms with Gasteiger partial charge in [-0.05, 0) is 40.2 Å². The van der Waals surface area contributed by atoms with Crippen molar-refractivity contribution in [1.82, 2.24) is 10.4 Å². The number of hydrazine groups is 1. The van der Waals surface area contributed by atoms with Gasteiger partial charge in [-0.3, -0.25) is 0 Å². The van der Waals surface area contributed by atoms with Gasteiger partial charge in [0.05, 0.1) is 6.61 Å². The van der Waals surface area contributed by atoms with E-state index in [-0.39, 0.29) is 13.3 Å². The maximum atomic E-state index is 12.6. The number of esters is 1. The van der Waals surface area contributed by atoms with Gasteiger partial charge in [0.25, 0.3) is 0 Å². The van der Waals surface area contributed by atoms with E-state index in [0.717, 1.165) is 10.6 Å². The van der Waals surface area contributed by atoms with Crippen LogP contribution in [0.4, 0.5) is 4.79 Å². The van der Waals surface area contributed by atoms with E-state index in [4.69, 9.17) is 14.2 Å². The zero-order valence-electron chi connectivity index (χ0n) is 16.5. The minimum atomic E-state index is -1.17. The third kappa shape index (κ3) is 7.01. The minimum absolute atomic E-state index is 0.0846. The van der Waals surface area contributed by atoms with Crippen LogP contribution in [0.25, 0.3) is 0 Å². The van der Waals surface area contributed by atoms with Gasteiger partial charge in [0.2, 0.25) is 0 Å². The summed E-state index contributed by atoms with van der Waals surface area (Å²) in [5, 5.41) is 1.14. The lowest BCUT2D eigenvalue weighted by atomic mass is 9.93. The van der Waals surface area contributed by atoms with Crippen LogP contribution in [0.3, 0.4) is 0 Å². The van der Waals surface area contributed by atoms with Crippen LogP contribution in [0.15, 0.2) is 30.3 Å². The Hall–Kier alpha value is -2.12. The van der Waals surface area contributed by atoms with Gasteiger partial charge in [-0.2, -0.15) is 0 Å². The maximum absolute atomic E-state index is 12.6. The molecule has 1 aromatic rings. The van der Waals surface area contributed by atoms with Crippen LogP contribution in [0.2, 0.25) is 0 Å². The summed E-state index contributed by atoms with van der Waals surface area (Å²) in [4.78, 5) is 25.1. The molecule has 7 heteroatoms. The predicted molar refractivity (Wildman–Crippen MR) is 98.3 cm³/mol. The van der Waals surface area contributed by atoms with Crippen LogP contribution < -0.4 is 5.43 Å². The highest BCUT2D eigenvalue weighted by atomic mass is 16.6. The molecule has 0 aliphatic heterocycles. The molecule has 0 radical (unpaired) electrons. The highest BCUT2D eigenvalue weighted by Crippen LogP contribution is 2.18. The highest BCUT2D eigenvalue weighted by Gasteiger charge is 2.39. The van der Waals surface area contributed by atoms with Crippen molar-refractivity contribution in [1.29, 1.82) is 0 Å². The topological polar surface area (TPSA) is 77.1 Å². The van der Waals surface area contributed by atoms with Crippen molar-refractivity contribution in [2.45, 2.75) is 52.2 Å². The molecule has 146 valence electrons. The van der Waals surface area contributed by atoms with Crippen LogP contribution in [0.5, 0.6) is 0 Å². The summed E-state index contributed by atoms with van der Waals surface area (Å²) in [6.07, 6.45) is -0.307. The van der Waals surface area contributed by atoms with Gasteiger partial charge in [0.15, 0.2) is 0 Å². The van der Waals surface area contributed by atoms with E-state index in [2.05, 4.69) is 5.43 Å². The van der Waals surface area contributed by atoms with Crippen molar-refractivity contribution >= 4 is 12.1 Å². The molecule has 0 saturated carbocycles. The Morgan fingerprint density at radius 2 is 1.73 bits per heavy atom. The summed E-state index contributed by atoms with van der Waals surface area (Å²) in [5.74, 6) is -0.464. The van der Waals surface area contributed by atoms with Crippen LogP contribution in [0.1, 0.15) is 40.2 Å². The molecular weight excluding hydrogens is 336 g/mol. The summed E-state index contributed by atoms with van der Waals surface area (Å²) < 4.78 is 15.7. The molecule has 1 atom stereocenters. The van der Waals surface area contributed by atoms with E-state index in [9.17, 15) is 9.59 Å². The Morgan fingerprint density at radius 3 is 2.23 bits per heavy atom. The maximum Gasteiger partial charge on any atom is 0.426 e. The number of ether oxygens (including phenoxy) is 3. The minimum Gasteiger partial charge on any atom is -0.465 e. The van der Waals surface area contributed by atoms with Gasteiger partial charge in [-0.1, -0.05) is 30.3 Å². The number of benzene rings is 1. The first-order chi connectivity index (χ1) is 12.1. The average Bonchev–Trinajstić information content (AvgIpc) is 2.54. The van der Waals surface area contributed by atoms with Gasteiger partial charge >= 0.3 is 12.1 Å². The Balaban J connectivity index is 3.06. The van der Waals surface area contributed by atoms with Crippen LogP contribution >= 0.6 is 0 Å². The SMILES string of the molecule is CCOC(=O)[C@](C)(Cc1ccccc1)NN(COC)C(=O)OC(C)(C)C. The number of hydrogen-bond acceptors (Lipinski definition) is 6. The molecule has 0 bridgehead atoms. The van der Waals surface area contributed by atoms with E-state index in [1.807, 2.05) is 30.3 Å². The number of hydrogen-bond donors (Lipinski definition) is 1. The van der Waals surface area contributed by atoms with Crippen molar-refractivity contribution in [2.75, 3.05) is 20.4 Å². The quantitative estimate of drug-likeness (QED) is 0.433. The van der Waals surface area contributed by atoms with Gasteiger partial charge in [-0.15, -0.1) is 0 Å². The molecular formula is C19H30N2O5. The van der Waals surface area contributed by atoms with Crippen LogP contribution in [0, 0.1) is 0 Å². The second-order valence-electron chi connectivity index (χ2n) is 7.15. The molecule has 0 saturated heterocycles. The summed E-state index contributed by atoms with van der Waals surface area (Å²) in [7, 11) is 1.46. The smallest absolute Gasteiger partial charge is 0.426 e. The molecule has 0 aliphatic rings. The number of rotatable bonds is 8. The lowest BCUT2D eigenvalue weighted by molar-refractivity contribution is -0.154. The molecule has 0 unspecified atom stereocenters. The summed E-state index contributed by atoms with van der Waals surface area (Å²) in [6, 6.07) is 9.50. The fourth-order valence-electron chi connectivity index (χ4n) is 2.33. The van der Waals surface area contributed by atoms with E-state index >= 15 is 0 Å². The summed E-state index contributed by atoms with van der Waals surface area (Å²) in [5.41, 5.74) is 2.02. The third-order valence-electron chi connectivity index (χ3n) is 3.38. The number of amides is 1. The normalized spacial score (nSPS) is 13.6. The van der Waals surface area contributed by atoms with Crippen LogP contribution in [-0.2, 0) is 25.4 Å². The molecule has 1 rings (SSSR count). The number of nitrogens with zero attached hydrogens (tertiary/aromatic N) is 1. The van der Waals surface area contributed by atoms with E-state index in [0.29, 0.717) is 6.42 Å². The fraction of sp³-hybridized carbons (Fsp3) is 0.579. The van der Waals surface area contributed by atoms with Gasteiger partial charge in [0.1, 0.15) is 17.9 Å². The van der Waals surface area contributed by atoms with E-state index < -0.39 is 23.2 Å². The molecule has 26 heavy (non-hydrogen) atoms. The first-order valence-electron chi connectivity index (χ1n) is 8.59. The largest absolute Gasteiger partial charge is 0.465 e. The Bertz CT molecular complexity index is 585. The standard InChI is InChI=1S/C19H30N2O5/c1-7-25-16(22)19(5,13-15-11-9-8-10-12-15)20-21(14-24-6)17(23)26-18(2,3)4/h8-12,20H,7,13-14H2,1-6H3/t19-/m0/s1. The van der Waals surface area contributed by atoms with Crippen molar-refractivity contribution in [2.24, 2.45) is 0 Å².